The van der Waals surface area contributed by atoms with Crippen molar-refractivity contribution in [3.05, 3.63) is 52.0 Å². The smallest absolute Gasteiger partial charge is 0.238 e. The van der Waals surface area contributed by atoms with Crippen molar-refractivity contribution in [1.29, 1.82) is 0 Å². The van der Waals surface area contributed by atoms with Gasteiger partial charge in [-0.25, -0.2) is 0 Å². The zero-order chi connectivity index (χ0) is 19.4. The maximum Gasteiger partial charge on any atom is 0.238 e. The Morgan fingerprint density at radius 2 is 1.93 bits per heavy atom. The maximum atomic E-state index is 12.6. The van der Waals surface area contributed by atoms with E-state index in [1.807, 2.05) is 18.2 Å². The van der Waals surface area contributed by atoms with E-state index in [1.54, 1.807) is 32.4 Å². The first-order chi connectivity index (χ1) is 13.0. The molecule has 1 saturated carbocycles. The van der Waals surface area contributed by atoms with Crippen molar-refractivity contribution in [2.45, 2.75) is 25.4 Å². The number of hydrogen-bond donors (Lipinski definition) is 1. The quantitative estimate of drug-likeness (QED) is 0.692. The first-order valence-corrected chi connectivity index (χ1v) is 9.45. The predicted molar refractivity (Wildman–Crippen MR) is 108 cm³/mol. The molecule has 1 aliphatic rings. The minimum absolute atomic E-state index is 0.132. The van der Waals surface area contributed by atoms with E-state index in [0.717, 1.165) is 29.9 Å². The number of methoxy groups -OCH3 is 2. The van der Waals surface area contributed by atoms with Gasteiger partial charge in [-0.2, -0.15) is 0 Å². The van der Waals surface area contributed by atoms with Gasteiger partial charge >= 0.3 is 0 Å². The van der Waals surface area contributed by atoms with Crippen LogP contribution in [0.5, 0.6) is 11.5 Å². The number of nitrogens with one attached hydrogen (secondary N) is 1. The number of nitrogens with zero attached hydrogens (tertiary/aromatic N) is 1. The van der Waals surface area contributed by atoms with Gasteiger partial charge in [0.2, 0.25) is 5.91 Å². The molecular weight excluding hydrogens is 387 g/mol. The first kappa shape index (κ1) is 19.8. The van der Waals surface area contributed by atoms with E-state index in [0.29, 0.717) is 28.3 Å². The van der Waals surface area contributed by atoms with Gasteiger partial charge in [0.05, 0.1) is 31.5 Å². The van der Waals surface area contributed by atoms with Gasteiger partial charge in [0.1, 0.15) is 11.5 Å². The Kier molecular flexibility index (Phi) is 6.47. The zero-order valence-electron chi connectivity index (χ0n) is 15.3. The van der Waals surface area contributed by atoms with Gasteiger partial charge in [0.15, 0.2) is 0 Å². The number of carbonyl (C=O) groups excluding carboxylic acids is 1. The van der Waals surface area contributed by atoms with Crippen LogP contribution < -0.4 is 14.8 Å². The lowest BCUT2D eigenvalue weighted by atomic mass is 10.1. The fourth-order valence-electron chi connectivity index (χ4n) is 2.95. The zero-order valence-corrected chi connectivity index (χ0v) is 16.8. The van der Waals surface area contributed by atoms with Crippen LogP contribution in [0.3, 0.4) is 0 Å². The lowest BCUT2D eigenvalue weighted by Crippen LogP contribution is -2.34. The number of rotatable bonds is 8. The fraction of sp³-hybridized carbons (Fsp3) is 0.350. The molecule has 0 aromatic heterocycles. The molecule has 0 bridgehead atoms. The van der Waals surface area contributed by atoms with Crippen LogP contribution in [-0.2, 0) is 11.3 Å². The number of hydrogen-bond acceptors (Lipinski definition) is 4. The summed E-state index contributed by atoms with van der Waals surface area (Å²) in [7, 11) is 3.27. The lowest BCUT2D eigenvalue weighted by molar-refractivity contribution is -0.117. The molecule has 0 aliphatic heterocycles. The normalized spacial score (nSPS) is 13.5. The average Bonchev–Trinajstić information content (AvgIpc) is 3.49. The van der Waals surface area contributed by atoms with Crippen LogP contribution in [-0.4, -0.2) is 37.6 Å². The number of carbonyl (C=O) groups is 1. The molecule has 0 atom stereocenters. The average molecular weight is 409 g/mol. The SMILES string of the molecule is COc1ccc(OC)c(CN(CC(=O)Nc2cc(Cl)ccc2Cl)C2CC2)c1. The molecule has 1 fully saturated rings. The Bertz CT molecular complexity index is 825. The highest BCUT2D eigenvalue weighted by molar-refractivity contribution is 6.35. The van der Waals surface area contributed by atoms with E-state index >= 15 is 0 Å². The van der Waals surface area contributed by atoms with E-state index in [9.17, 15) is 4.79 Å². The van der Waals surface area contributed by atoms with E-state index in [4.69, 9.17) is 32.7 Å². The van der Waals surface area contributed by atoms with Gasteiger partial charge in [-0.15, -0.1) is 0 Å². The van der Waals surface area contributed by atoms with Crippen LogP contribution >= 0.6 is 23.2 Å². The highest BCUT2D eigenvalue weighted by Gasteiger charge is 2.31. The molecule has 1 amide bonds. The molecule has 3 rings (SSSR count). The number of halogens is 2. The van der Waals surface area contributed by atoms with Crippen LogP contribution in [0.1, 0.15) is 18.4 Å². The summed E-state index contributed by atoms with van der Waals surface area (Å²) in [6.07, 6.45) is 2.16. The molecule has 7 heteroatoms. The van der Waals surface area contributed by atoms with Gasteiger partial charge in [0, 0.05) is 23.2 Å². The first-order valence-electron chi connectivity index (χ1n) is 8.70. The van der Waals surface area contributed by atoms with E-state index in [2.05, 4.69) is 10.2 Å². The third kappa shape index (κ3) is 5.28. The van der Waals surface area contributed by atoms with Crippen LogP contribution in [0.4, 0.5) is 5.69 Å². The minimum Gasteiger partial charge on any atom is -0.497 e. The maximum absolute atomic E-state index is 12.6. The molecule has 0 radical (unpaired) electrons. The van der Waals surface area contributed by atoms with Crippen molar-refractivity contribution >= 4 is 34.8 Å². The molecule has 1 N–H and O–H groups in total. The van der Waals surface area contributed by atoms with Crippen molar-refractivity contribution in [3.63, 3.8) is 0 Å². The molecule has 0 spiro atoms. The van der Waals surface area contributed by atoms with Gasteiger partial charge in [0.25, 0.3) is 0 Å². The van der Waals surface area contributed by atoms with Crippen molar-refractivity contribution in [1.82, 2.24) is 4.90 Å². The van der Waals surface area contributed by atoms with Gasteiger partial charge in [-0.3, -0.25) is 9.69 Å². The lowest BCUT2D eigenvalue weighted by Gasteiger charge is -2.23. The molecule has 144 valence electrons. The highest BCUT2D eigenvalue weighted by atomic mass is 35.5. The monoisotopic (exact) mass is 408 g/mol. The third-order valence-electron chi connectivity index (χ3n) is 4.47. The summed E-state index contributed by atoms with van der Waals surface area (Å²) in [5.41, 5.74) is 1.50. The Labute approximate surface area is 169 Å². The van der Waals surface area contributed by atoms with Crippen LogP contribution in [0.25, 0.3) is 0 Å². The fourth-order valence-corrected chi connectivity index (χ4v) is 3.28. The number of benzene rings is 2. The van der Waals surface area contributed by atoms with Crippen LogP contribution in [0.15, 0.2) is 36.4 Å². The predicted octanol–water partition coefficient (Wildman–Crippen LogP) is 4.61. The van der Waals surface area contributed by atoms with Crippen molar-refractivity contribution < 1.29 is 14.3 Å². The van der Waals surface area contributed by atoms with Gasteiger partial charge < -0.3 is 14.8 Å². The number of anilines is 1. The summed E-state index contributed by atoms with van der Waals surface area (Å²) < 4.78 is 10.8. The van der Waals surface area contributed by atoms with Crippen LogP contribution in [0.2, 0.25) is 10.0 Å². The second-order valence-electron chi connectivity index (χ2n) is 6.49. The molecule has 27 heavy (non-hydrogen) atoms. The van der Waals surface area contributed by atoms with Crippen molar-refractivity contribution in [3.8, 4) is 11.5 Å². The summed E-state index contributed by atoms with van der Waals surface area (Å²) >= 11 is 12.1. The second-order valence-corrected chi connectivity index (χ2v) is 7.33. The van der Waals surface area contributed by atoms with E-state index < -0.39 is 0 Å². The van der Waals surface area contributed by atoms with E-state index in [-0.39, 0.29) is 12.5 Å². The largest absolute Gasteiger partial charge is 0.497 e. The third-order valence-corrected chi connectivity index (χ3v) is 5.04. The van der Waals surface area contributed by atoms with Crippen molar-refractivity contribution in [2.24, 2.45) is 0 Å². The molecule has 5 nitrogen and oxygen atoms in total. The Morgan fingerprint density at radius 1 is 1.15 bits per heavy atom. The molecule has 0 saturated heterocycles. The Morgan fingerprint density at radius 3 is 2.59 bits per heavy atom. The summed E-state index contributed by atoms with van der Waals surface area (Å²) in [5.74, 6) is 1.41. The summed E-state index contributed by atoms with van der Waals surface area (Å²) in [6.45, 7) is 0.857. The van der Waals surface area contributed by atoms with Crippen molar-refractivity contribution in [2.75, 3.05) is 26.1 Å². The van der Waals surface area contributed by atoms with E-state index in [1.165, 1.54) is 0 Å². The summed E-state index contributed by atoms with van der Waals surface area (Å²) in [5, 5.41) is 3.83. The number of amides is 1. The number of ether oxygens (including phenoxy) is 2. The molecule has 0 heterocycles. The summed E-state index contributed by atoms with van der Waals surface area (Å²) in [4.78, 5) is 14.7. The highest BCUT2D eigenvalue weighted by Crippen LogP contribution is 2.32. The topological polar surface area (TPSA) is 50.8 Å². The van der Waals surface area contributed by atoms with Gasteiger partial charge in [-0.1, -0.05) is 23.2 Å². The van der Waals surface area contributed by atoms with Gasteiger partial charge in [-0.05, 0) is 49.2 Å². The standard InChI is InChI=1S/C20H22Cl2N2O3/c1-26-16-6-8-19(27-2)13(9-16)11-24(15-4-5-15)12-20(25)23-18-10-14(21)3-7-17(18)22/h3,6-10,15H,4-5,11-12H2,1-2H3,(H,23,25). The molecule has 2 aromatic carbocycles. The Hall–Kier alpha value is -1.95. The summed E-state index contributed by atoms with van der Waals surface area (Å²) in [6, 6.07) is 11.1. The molecule has 2 aromatic rings. The molecule has 0 unspecified atom stereocenters. The second kappa shape index (κ2) is 8.83. The molecular formula is C20H22Cl2N2O3. The Balaban J connectivity index is 1.71. The molecule has 1 aliphatic carbocycles. The minimum atomic E-state index is -0.132. The van der Waals surface area contributed by atoms with Crippen LogP contribution in [0, 0.1) is 0 Å².